The molecule has 1 aliphatic heterocycles. The molecule has 4 rings (SSSR count). The number of carbonyl (C=O) groups is 1. The Morgan fingerprint density at radius 2 is 2.04 bits per heavy atom. The number of halogens is 1. The van der Waals surface area contributed by atoms with E-state index in [1.54, 1.807) is 24.4 Å². The molecule has 132 valence electrons. The van der Waals surface area contributed by atoms with Gasteiger partial charge >= 0.3 is 0 Å². The van der Waals surface area contributed by atoms with E-state index in [1.807, 2.05) is 24.3 Å². The summed E-state index contributed by atoms with van der Waals surface area (Å²) in [5.41, 5.74) is 1.60. The number of fused-ring (bicyclic) bond motifs is 1. The molecule has 0 spiro atoms. The quantitative estimate of drug-likeness (QED) is 0.669. The van der Waals surface area contributed by atoms with E-state index < -0.39 is 0 Å². The van der Waals surface area contributed by atoms with Crippen LogP contribution in [0.5, 0.6) is 11.5 Å². The first kappa shape index (κ1) is 16.7. The van der Waals surface area contributed by atoms with Crippen LogP contribution in [0.1, 0.15) is 12.3 Å². The lowest BCUT2D eigenvalue weighted by Crippen LogP contribution is -2.12. The van der Waals surface area contributed by atoms with Gasteiger partial charge < -0.3 is 19.2 Å². The number of ether oxygens (including phenoxy) is 2. The van der Waals surface area contributed by atoms with Crippen molar-refractivity contribution in [3.8, 4) is 22.8 Å². The maximum atomic E-state index is 12.1. The molecule has 0 saturated heterocycles. The Morgan fingerprint density at radius 1 is 1.15 bits per heavy atom. The third kappa shape index (κ3) is 3.72. The molecule has 1 amide bonds. The van der Waals surface area contributed by atoms with Gasteiger partial charge in [-0.15, -0.1) is 0 Å². The van der Waals surface area contributed by atoms with E-state index in [4.69, 9.17) is 13.9 Å². The van der Waals surface area contributed by atoms with Gasteiger partial charge in [0.2, 0.25) is 12.7 Å². The number of rotatable bonds is 5. The average molecular weight is 415 g/mol. The average Bonchev–Trinajstić information content (AvgIpc) is 3.29. The summed E-state index contributed by atoms with van der Waals surface area (Å²) in [5, 5.41) is 2.84. The van der Waals surface area contributed by atoms with Crippen LogP contribution >= 0.6 is 15.9 Å². The van der Waals surface area contributed by atoms with Gasteiger partial charge in [0, 0.05) is 34.6 Å². The summed E-state index contributed by atoms with van der Waals surface area (Å²) in [5.74, 6) is 2.40. The molecule has 6 nitrogen and oxygen atoms in total. The zero-order valence-electron chi connectivity index (χ0n) is 13.7. The van der Waals surface area contributed by atoms with Gasteiger partial charge in [-0.3, -0.25) is 4.79 Å². The van der Waals surface area contributed by atoms with Crippen molar-refractivity contribution in [2.75, 3.05) is 12.1 Å². The van der Waals surface area contributed by atoms with Crippen LogP contribution in [-0.2, 0) is 11.2 Å². The highest BCUT2D eigenvalue weighted by molar-refractivity contribution is 9.10. The second-order valence-electron chi connectivity index (χ2n) is 5.74. The first-order chi connectivity index (χ1) is 12.7. The van der Waals surface area contributed by atoms with Gasteiger partial charge in [-0.2, -0.15) is 0 Å². The lowest BCUT2D eigenvalue weighted by molar-refractivity contribution is -0.116. The molecule has 0 radical (unpaired) electrons. The van der Waals surface area contributed by atoms with E-state index in [0.717, 1.165) is 10.0 Å². The monoisotopic (exact) mass is 414 g/mol. The molecule has 1 aromatic heterocycles. The van der Waals surface area contributed by atoms with Gasteiger partial charge in [0.05, 0.1) is 6.20 Å². The second-order valence-corrected chi connectivity index (χ2v) is 6.66. The molecule has 0 unspecified atom stereocenters. The smallest absolute Gasteiger partial charge is 0.231 e. The predicted molar refractivity (Wildman–Crippen MR) is 99.2 cm³/mol. The highest BCUT2D eigenvalue weighted by Crippen LogP contribution is 2.34. The first-order valence-corrected chi connectivity index (χ1v) is 8.87. The molecular weight excluding hydrogens is 400 g/mol. The molecule has 0 bridgehead atoms. The van der Waals surface area contributed by atoms with Crippen molar-refractivity contribution >= 4 is 27.5 Å². The molecule has 26 heavy (non-hydrogen) atoms. The number of nitrogens with one attached hydrogen (secondary N) is 1. The minimum absolute atomic E-state index is 0.119. The number of aryl methyl sites for hydroxylation is 1. The van der Waals surface area contributed by atoms with Gasteiger partial charge in [0.25, 0.3) is 0 Å². The Labute approximate surface area is 158 Å². The van der Waals surface area contributed by atoms with Gasteiger partial charge in [-0.25, -0.2) is 4.98 Å². The number of hydrogen-bond donors (Lipinski definition) is 1. The SMILES string of the molecule is O=C(CCc1ncc(-c2cccc(Br)c2)o1)Nc1ccc2c(c1)OCO2. The van der Waals surface area contributed by atoms with Crippen molar-refractivity contribution in [3.63, 3.8) is 0 Å². The number of oxazole rings is 1. The summed E-state index contributed by atoms with van der Waals surface area (Å²) in [6.07, 6.45) is 2.37. The van der Waals surface area contributed by atoms with Gasteiger partial charge in [0.15, 0.2) is 23.1 Å². The van der Waals surface area contributed by atoms with Crippen molar-refractivity contribution in [3.05, 3.63) is 59.0 Å². The molecule has 1 aliphatic rings. The van der Waals surface area contributed by atoms with Crippen LogP contribution in [0.4, 0.5) is 5.69 Å². The van der Waals surface area contributed by atoms with Gasteiger partial charge in [-0.1, -0.05) is 28.1 Å². The number of amides is 1. The van der Waals surface area contributed by atoms with Crippen molar-refractivity contribution in [2.24, 2.45) is 0 Å². The highest BCUT2D eigenvalue weighted by Gasteiger charge is 2.14. The minimum atomic E-state index is -0.119. The molecule has 1 N–H and O–H groups in total. The Morgan fingerprint density at radius 3 is 2.92 bits per heavy atom. The Bertz CT molecular complexity index is 954. The standard InChI is InChI=1S/C19H15BrN2O4/c20-13-3-1-2-12(8-13)17-10-21-19(26-17)7-6-18(23)22-14-4-5-15-16(9-14)25-11-24-15/h1-5,8-10H,6-7,11H2,(H,22,23). The fourth-order valence-corrected chi connectivity index (χ4v) is 3.02. The number of anilines is 1. The van der Waals surface area contributed by atoms with Crippen LogP contribution < -0.4 is 14.8 Å². The van der Waals surface area contributed by atoms with Crippen LogP contribution in [0.3, 0.4) is 0 Å². The predicted octanol–water partition coefficient (Wildman–Crippen LogP) is 4.40. The Hall–Kier alpha value is -2.80. The zero-order valence-corrected chi connectivity index (χ0v) is 15.3. The number of benzene rings is 2. The zero-order chi connectivity index (χ0) is 17.9. The van der Waals surface area contributed by atoms with Crippen LogP contribution in [0, 0.1) is 0 Å². The lowest BCUT2D eigenvalue weighted by Gasteiger charge is -2.05. The van der Waals surface area contributed by atoms with E-state index in [2.05, 4.69) is 26.2 Å². The van der Waals surface area contributed by atoms with E-state index in [0.29, 0.717) is 35.3 Å². The van der Waals surface area contributed by atoms with Crippen molar-refractivity contribution < 1.29 is 18.7 Å². The number of hydrogen-bond acceptors (Lipinski definition) is 5. The van der Waals surface area contributed by atoms with Crippen LogP contribution in [0.2, 0.25) is 0 Å². The summed E-state index contributed by atoms with van der Waals surface area (Å²) in [6.45, 7) is 0.206. The first-order valence-electron chi connectivity index (χ1n) is 8.07. The summed E-state index contributed by atoms with van der Waals surface area (Å²) in [4.78, 5) is 16.4. The van der Waals surface area contributed by atoms with Crippen molar-refractivity contribution in [1.82, 2.24) is 4.98 Å². The molecule has 2 heterocycles. The second kappa shape index (κ2) is 7.21. The van der Waals surface area contributed by atoms with E-state index in [9.17, 15) is 4.79 Å². The van der Waals surface area contributed by atoms with E-state index in [-0.39, 0.29) is 19.1 Å². The molecule has 7 heteroatoms. The highest BCUT2D eigenvalue weighted by atomic mass is 79.9. The molecular formula is C19H15BrN2O4. The fourth-order valence-electron chi connectivity index (χ4n) is 2.62. The van der Waals surface area contributed by atoms with Crippen molar-refractivity contribution in [2.45, 2.75) is 12.8 Å². The van der Waals surface area contributed by atoms with Gasteiger partial charge in [-0.05, 0) is 24.3 Å². The Balaban J connectivity index is 1.35. The lowest BCUT2D eigenvalue weighted by atomic mass is 10.2. The van der Waals surface area contributed by atoms with E-state index in [1.165, 1.54) is 0 Å². The third-order valence-electron chi connectivity index (χ3n) is 3.88. The summed E-state index contributed by atoms with van der Waals surface area (Å²) in [7, 11) is 0. The topological polar surface area (TPSA) is 73.6 Å². The van der Waals surface area contributed by atoms with E-state index >= 15 is 0 Å². The van der Waals surface area contributed by atoms with Crippen LogP contribution in [0.25, 0.3) is 11.3 Å². The van der Waals surface area contributed by atoms with Crippen LogP contribution in [0.15, 0.2) is 57.6 Å². The summed E-state index contributed by atoms with van der Waals surface area (Å²) >= 11 is 3.43. The number of nitrogens with zero attached hydrogens (tertiary/aromatic N) is 1. The molecule has 0 saturated carbocycles. The van der Waals surface area contributed by atoms with Crippen molar-refractivity contribution in [1.29, 1.82) is 0 Å². The molecule has 0 fully saturated rings. The molecule has 0 atom stereocenters. The fraction of sp³-hybridized carbons (Fsp3) is 0.158. The number of aromatic nitrogens is 1. The largest absolute Gasteiger partial charge is 0.454 e. The minimum Gasteiger partial charge on any atom is -0.454 e. The Kier molecular flexibility index (Phi) is 4.62. The maximum absolute atomic E-state index is 12.1. The molecule has 0 aliphatic carbocycles. The molecule has 3 aromatic rings. The molecule has 2 aromatic carbocycles. The van der Waals surface area contributed by atoms with Gasteiger partial charge in [0.1, 0.15) is 0 Å². The van der Waals surface area contributed by atoms with Crippen LogP contribution in [-0.4, -0.2) is 17.7 Å². The summed E-state index contributed by atoms with van der Waals surface area (Å²) in [6, 6.07) is 13.1. The normalized spacial score (nSPS) is 12.2. The third-order valence-corrected chi connectivity index (χ3v) is 4.38. The maximum Gasteiger partial charge on any atom is 0.231 e. The number of carbonyl (C=O) groups excluding carboxylic acids is 1. The summed E-state index contributed by atoms with van der Waals surface area (Å²) < 4.78 is 17.3.